The third kappa shape index (κ3) is 7.25. The van der Waals surface area contributed by atoms with Crippen molar-refractivity contribution < 1.29 is 19.4 Å². The van der Waals surface area contributed by atoms with Crippen LogP contribution in [0.1, 0.15) is 60.8 Å². The van der Waals surface area contributed by atoms with E-state index in [0.717, 1.165) is 41.9 Å². The van der Waals surface area contributed by atoms with E-state index < -0.39 is 6.29 Å². The van der Waals surface area contributed by atoms with Crippen LogP contribution in [0.2, 0.25) is 0 Å². The number of nitrogens with one attached hydrogen (secondary N) is 2. The van der Waals surface area contributed by atoms with Gasteiger partial charge in [0.1, 0.15) is 0 Å². The summed E-state index contributed by atoms with van der Waals surface area (Å²) in [5, 5.41) is 15.3. The quantitative estimate of drug-likeness (QED) is 0.345. The van der Waals surface area contributed by atoms with E-state index in [0.29, 0.717) is 12.2 Å². The van der Waals surface area contributed by atoms with Crippen LogP contribution >= 0.6 is 0 Å². The molecule has 206 valence electrons. The number of aliphatic hydroxyl groups is 1. The Balaban J connectivity index is 1.31. The van der Waals surface area contributed by atoms with Gasteiger partial charge in [-0.2, -0.15) is 0 Å². The molecule has 2 saturated heterocycles. The van der Waals surface area contributed by atoms with Crippen molar-refractivity contribution in [2.24, 2.45) is 5.92 Å². The largest absolute Gasteiger partial charge is 0.392 e. The highest BCUT2D eigenvalue weighted by atomic mass is 16.7. The van der Waals surface area contributed by atoms with Crippen LogP contribution in [-0.4, -0.2) is 41.8 Å². The maximum absolute atomic E-state index is 12.6. The highest BCUT2D eigenvalue weighted by Crippen LogP contribution is 2.42. The highest BCUT2D eigenvalue weighted by molar-refractivity contribution is 5.89. The summed E-state index contributed by atoms with van der Waals surface area (Å²) in [5.74, 6) is 0.147. The second kappa shape index (κ2) is 13.2. The van der Waals surface area contributed by atoms with E-state index in [1.807, 2.05) is 78.9 Å². The van der Waals surface area contributed by atoms with Crippen LogP contribution in [-0.2, 0) is 22.6 Å². The van der Waals surface area contributed by atoms with Gasteiger partial charge in [0.15, 0.2) is 6.29 Å². The standard InChI is InChI=1S/C32H39N3O4/c1-23-29(21-35-17-6-3-7-18-35)38-31(39-30(23)26-15-13-25(22-36)14-16-26)27-11-8-12-28(19-27)34-32(37)33-20-24-9-4-2-5-10-24/h2,4-5,8-16,19,23,29-31,36H,3,6-7,17-18,20-22H2,1H3,(H2,33,34,37)/t23-,29+,30+,31+/m0/s1. The molecule has 2 aliphatic rings. The average molecular weight is 530 g/mol. The van der Waals surface area contributed by atoms with Crippen molar-refractivity contribution in [1.82, 2.24) is 10.2 Å². The number of benzene rings is 3. The maximum atomic E-state index is 12.6. The summed E-state index contributed by atoms with van der Waals surface area (Å²) in [4.78, 5) is 15.1. The average Bonchev–Trinajstić information content (AvgIpc) is 2.98. The number of rotatable bonds is 8. The molecule has 2 heterocycles. The van der Waals surface area contributed by atoms with Crippen LogP contribution < -0.4 is 10.6 Å². The normalized spacial score (nSPS) is 23.7. The minimum Gasteiger partial charge on any atom is -0.392 e. The lowest BCUT2D eigenvalue weighted by Gasteiger charge is -2.43. The summed E-state index contributed by atoms with van der Waals surface area (Å²) < 4.78 is 13.2. The SMILES string of the molecule is C[C@H]1[C@@H](CN2CCCCC2)O[C@@H](c2cccc(NC(=O)NCc3ccccc3)c2)O[C@H]1c1ccc(CO)cc1. The number of piperidine rings is 1. The van der Waals surface area contributed by atoms with Gasteiger partial charge in [-0.25, -0.2) is 4.79 Å². The van der Waals surface area contributed by atoms with Gasteiger partial charge in [0.25, 0.3) is 0 Å². The van der Waals surface area contributed by atoms with Gasteiger partial charge in [-0.1, -0.05) is 80.1 Å². The number of urea groups is 1. The number of carbonyl (C=O) groups excluding carboxylic acids is 1. The van der Waals surface area contributed by atoms with E-state index in [1.165, 1.54) is 19.3 Å². The van der Waals surface area contributed by atoms with Crippen molar-refractivity contribution >= 4 is 11.7 Å². The highest BCUT2D eigenvalue weighted by Gasteiger charge is 2.39. The zero-order valence-corrected chi connectivity index (χ0v) is 22.6. The second-order valence-corrected chi connectivity index (χ2v) is 10.6. The third-order valence-corrected chi connectivity index (χ3v) is 7.72. The van der Waals surface area contributed by atoms with Crippen molar-refractivity contribution in [3.05, 3.63) is 101 Å². The number of hydrogen-bond donors (Lipinski definition) is 3. The molecule has 39 heavy (non-hydrogen) atoms. The Morgan fingerprint density at radius 1 is 0.897 bits per heavy atom. The first-order valence-corrected chi connectivity index (χ1v) is 14.0. The van der Waals surface area contributed by atoms with Crippen molar-refractivity contribution in [3.63, 3.8) is 0 Å². The fourth-order valence-electron chi connectivity index (χ4n) is 5.44. The number of carbonyl (C=O) groups is 1. The molecule has 7 heteroatoms. The van der Waals surface area contributed by atoms with Gasteiger partial charge in [-0.05, 0) is 54.8 Å². The molecule has 3 aromatic rings. The molecule has 5 rings (SSSR count). The Bertz CT molecular complexity index is 1200. The van der Waals surface area contributed by atoms with Crippen molar-refractivity contribution in [3.8, 4) is 0 Å². The van der Waals surface area contributed by atoms with Crippen molar-refractivity contribution in [2.75, 3.05) is 25.0 Å². The molecule has 0 spiro atoms. The predicted octanol–water partition coefficient (Wildman–Crippen LogP) is 5.78. The number of aliphatic hydroxyl groups excluding tert-OH is 1. The van der Waals surface area contributed by atoms with Gasteiger partial charge in [-0.15, -0.1) is 0 Å². The third-order valence-electron chi connectivity index (χ3n) is 7.72. The summed E-state index contributed by atoms with van der Waals surface area (Å²) in [6.45, 7) is 5.74. The number of amides is 2. The first-order valence-electron chi connectivity index (χ1n) is 14.0. The summed E-state index contributed by atoms with van der Waals surface area (Å²) in [7, 11) is 0. The molecule has 0 unspecified atom stereocenters. The molecule has 3 N–H and O–H groups in total. The molecule has 0 aromatic heterocycles. The maximum Gasteiger partial charge on any atom is 0.319 e. The lowest BCUT2D eigenvalue weighted by atomic mass is 9.89. The van der Waals surface area contributed by atoms with Gasteiger partial charge in [0.05, 0.1) is 18.8 Å². The van der Waals surface area contributed by atoms with Crippen LogP contribution in [0.4, 0.5) is 10.5 Å². The zero-order valence-electron chi connectivity index (χ0n) is 22.6. The number of ether oxygens (including phenoxy) is 2. The topological polar surface area (TPSA) is 83.1 Å². The van der Waals surface area contributed by atoms with E-state index in [2.05, 4.69) is 22.5 Å². The first-order chi connectivity index (χ1) is 19.1. The minimum absolute atomic E-state index is 0.00449. The summed E-state index contributed by atoms with van der Waals surface area (Å²) >= 11 is 0. The molecular formula is C32H39N3O4. The lowest BCUT2D eigenvalue weighted by Crippen LogP contribution is -2.45. The molecule has 2 aliphatic heterocycles. The fraction of sp³-hybridized carbons (Fsp3) is 0.406. The van der Waals surface area contributed by atoms with Crippen molar-refractivity contribution in [1.29, 1.82) is 0 Å². The van der Waals surface area contributed by atoms with Gasteiger partial charge < -0.3 is 30.1 Å². The minimum atomic E-state index is -0.562. The smallest absolute Gasteiger partial charge is 0.319 e. The van der Waals surface area contributed by atoms with Crippen LogP contribution in [0, 0.1) is 5.92 Å². The first kappa shape index (κ1) is 27.3. The Morgan fingerprint density at radius 2 is 1.67 bits per heavy atom. The molecular weight excluding hydrogens is 490 g/mol. The predicted molar refractivity (Wildman–Crippen MR) is 152 cm³/mol. The van der Waals surface area contributed by atoms with Crippen LogP contribution in [0.3, 0.4) is 0 Å². The molecule has 2 fully saturated rings. The second-order valence-electron chi connectivity index (χ2n) is 10.6. The monoisotopic (exact) mass is 529 g/mol. The van der Waals surface area contributed by atoms with Crippen LogP contribution in [0.15, 0.2) is 78.9 Å². The molecule has 0 aliphatic carbocycles. The van der Waals surface area contributed by atoms with Gasteiger partial charge in [-0.3, -0.25) is 0 Å². The Morgan fingerprint density at radius 3 is 2.41 bits per heavy atom. The molecule has 0 bridgehead atoms. The van der Waals surface area contributed by atoms with E-state index >= 15 is 0 Å². The van der Waals surface area contributed by atoms with E-state index in [9.17, 15) is 9.90 Å². The Labute approximate surface area is 231 Å². The molecule has 2 amide bonds. The Hall–Kier alpha value is -3.23. The number of hydrogen-bond acceptors (Lipinski definition) is 5. The van der Waals surface area contributed by atoms with Gasteiger partial charge in [0, 0.05) is 30.3 Å². The van der Waals surface area contributed by atoms with Gasteiger partial charge >= 0.3 is 6.03 Å². The van der Waals surface area contributed by atoms with E-state index in [1.54, 1.807) is 0 Å². The van der Waals surface area contributed by atoms with E-state index in [-0.39, 0.29) is 30.8 Å². The van der Waals surface area contributed by atoms with Crippen LogP contribution in [0.5, 0.6) is 0 Å². The van der Waals surface area contributed by atoms with Crippen LogP contribution in [0.25, 0.3) is 0 Å². The van der Waals surface area contributed by atoms with Crippen molar-refractivity contribution in [2.45, 2.75) is 57.8 Å². The molecule has 0 radical (unpaired) electrons. The number of nitrogens with zero attached hydrogens (tertiary/aromatic N) is 1. The lowest BCUT2D eigenvalue weighted by molar-refractivity contribution is -0.276. The molecule has 4 atom stereocenters. The summed E-state index contributed by atoms with van der Waals surface area (Å²) in [5.41, 5.74) is 4.54. The molecule has 0 saturated carbocycles. The molecule has 7 nitrogen and oxygen atoms in total. The Kier molecular flexibility index (Phi) is 9.27. The summed E-state index contributed by atoms with van der Waals surface area (Å²) in [6.07, 6.45) is 3.03. The number of anilines is 1. The summed E-state index contributed by atoms with van der Waals surface area (Å²) in [6, 6.07) is 25.2. The fourth-order valence-corrected chi connectivity index (χ4v) is 5.44. The zero-order chi connectivity index (χ0) is 27.0. The van der Waals surface area contributed by atoms with E-state index in [4.69, 9.17) is 9.47 Å². The number of likely N-dealkylation sites (tertiary alicyclic amines) is 1. The molecule has 3 aromatic carbocycles. The van der Waals surface area contributed by atoms with Gasteiger partial charge in [0.2, 0.25) is 0 Å².